The molecule has 0 saturated heterocycles. The molecule has 0 aliphatic rings. The Morgan fingerprint density at radius 1 is 0.909 bits per heavy atom. The van der Waals surface area contributed by atoms with Gasteiger partial charge in [-0.25, -0.2) is 8.78 Å². The molecule has 0 aliphatic heterocycles. The van der Waals surface area contributed by atoms with Crippen molar-refractivity contribution in [2.24, 2.45) is 0 Å². The molecule has 0 aliphatic carbocycles. The highest BCUT2D eigenvalue weighted by molar-refractivity contribution is 5.35. The molecule has 0 fully saturated rings. The number of aliphatic hydroxyl groups is 2. The Bertz CT molecular complexity index is 581. The highest BCUT2D eigenvalue weighted by atomic mass is 19.1. The van der Waals surface area contributed by atoms with E-state index in [0.717, 1.165) is 18.2 Å². The standard InChI is InChI=1S/C16H16F2O4/c17-11-7-12(18)9-16(8-11)22-15-3-1-14(2-4-15)21-10-13(20)5-6-19/h1-4,7-9,13,19-20H,5-6,10H2. The molecule has 1 unspecified atom stereocenters. The van der Waals surface area contributed by atoms with Gasteiger partial charge >= 0.3 is 0 Å². The third-order valence-corrected chi connectivity index (χ3v) is 2.80. The molecule has 4 nitrogen and oxygen atoms in total. The second kappa shape index (κ2) is 7.72. The minimum atomic E-state index is -0.740. The number of hydrogen-bond donors (Lipinski definition) is 2. The zero-order valence-corrected chi connectivity index (χ0v) is 11.7. The predicted molar refractivity (Wildman–Crippen MR) is 76.1 cm³/mol. The van der Waals surface area contributed by atoms with Crippen molar-refractivity contribution in [3.8, 4) is 17.2 Å². The van der Waals surface area contributed by atoms with E-state index in [1.54, 1.807) is 24.3 Å². The Labute approximate surface area is 126 Å². The van der Waals surface area contributed by atoms with Crippen LogP contribution in [-0.4, -0.2) is 29.5 Å². The molecule has 118 valence electrons. The highest BCUT2D eigenvalue weighted by Crippen LogP contribution is 2.25. The topological polar surface area (TPSA) is 58.9 Å². The molecule has 0 heterocycles. The highest BCUT2D eigenvalue weighted by Gasteiger charge is 2.06. The van der Waals surface area contributed by atoms with Gasteiger partial charge < -0.3 is 19.7 Å². The molecule has 22 heavy (non-hydrogen) atoms. The monoisotopic (exact) mass is 310 g/mol. The van der Waals surface area contributed by atoms with Gasteiger partial charge in [-0.05, 0) is 30.7 Å². The van der Waals surface area contributed by atoms with Crippen LogP contribution >= 0.6 is 0 Å². The average Bonchev–Trinajstić information content (AvgIpc) is 2.46. The second-order valence-electron chi connectivity index (χ2n) is 4.66. The number of ether oxygens (including phenoxy) is 2. The van der Waals surface area contributed by atoms with E-state index >= 15 is 0 Å². The lowest BCUT2D eigenvalue weighted by Crippen LogP contribution is -2.18. The molecule has 1 atom stereocenters. The first-order chi connectivity index (χ1) is 10.6. The zero-order valence-electron chi connectivity index (χ0n) is 11.7. The first-order valence-corrected chi connectivity index (χ1v) is 6.72. The number of rotatable bonds is 7. The molecule has 2 rings (SSSR count). The first-order valence-electron chi connectivity index (χ1n) is 6.72. The summed E-state index contributed by atoms with van der Waals surface area (Å²) in [6.45, 7) is -0.0443. The zero-order chi connectivity index (χ0) is 15.9. The largest absolute Gasteiger partial charge is 0.491 e. The summed E-state index contributed by atoms with van der Waals surface area (Å²) in [6, 6.07) is 9.30. The molecule has 2 N–H and O–H groups in total. The van der Waals surface area contributed by atoms with Crippen LogP contribution in [0.5, 0.6) is 17.2 Å². The van der Waals surface area contributed by atoms with Crippen LogP contribution in [0.25, 0.3) is 0 Å². The summed E-state index contributed by atoms with van der Waals surface area (Å²) in [7, 11) is 0. The smallest absolute Gasteiger partial charge is 0.133 e. The average molecular weight is 310 g/mol. The number of halogens is 2. The summed E-state index contributed by atoms with van der Waals surface area (Å²) >= 11 is 0. The van der Waals surface area contributed by atoms with Gasteiger partial charge in [-0.3, -0.25) is 0 Å². The van der Waals surface area contributed by atoms with E-state index in [1.807, 2.05) is 0 Å². The lowest BCUT2D eigenvalue weighted by molar-refractivity contribution is 0.0821. The molecular weight excluding hydrogens is 294 g/mol. The minimum absolute atomic E-state index is 0.0598. The predicted octanol–water partition coefficient (Wildman–Crippen LogP) is 2.88. The van der Waals surface area contributed by atoms with Crippen molar-refractivity contribution in [2.45, 2.75) is 12.5 Å². The lowest BCUT2D eigenvalue weighted by atomic mass is 10.3. The summed E-state index contributed by atoms with van der Waals surface area (Å²) in [5.41, 5.74) is 0. The van der Waals surface area contributed by atoms with Crippen molar-refractivity contribution in [3.63, 3.8) is 0 Å². The van der Waals surface area contributed by atoms with Gasteiger partial charge in [0, 0.05) is 24.8 Å². The van der Waals surface area contributed by atoms with E-state index in [4.69, 9.17) is 14.6 Å². The number of benzene rings is 2. The lowest BCUT2D eigenvalue weighted by Gasteiger charge is -2.11. The van der Waals surface area contributed by atoms with Crippen LogP contribution in [0.1, 0.15) is 6.42 Å². The van der Waals surface area contributed by atoms with Crippen LogP contribution < -0.4 is 9.47 Å². The Balaban J connectivity index is 1.94. The molecule has 2 aromatic carbocycles. The van der Waals surface area contributed by atoms with Gasteiger partial charge in [0.1, 0.15) is 35.5 Å². The van der Waals surface area contributed by atoms with Gasteiger partial charge in [0.2, 0.25) is 0 Å². The maximum atomic E-state index is 13.1. The molecule has 0 saturated carbocycles. The molecular formula is C16H16F2O4. The van der Waals surface area contributed by atoms with E-state index in [0.29, 0.717) is 11.5 Å². The molecule has 0 amide bonds. The summed E-state index contributed by atoms with van der Waals surface area (Å²) in [5, 5.41) is 18.1. The van der Waals surface area contributed by atoms with E-state index in [1.165, 1.54) is 0 Å². The fourth-order valence-corrected chi connectivity index (χ4v) is 1.75. The fourth-order valence-electron chi connectivity index (χ4n) is 1.75. The second-order valence-corrected chi connectivity index (χ2v) is 4.66. The molecule has 0 spiro atoms. The van der Waals surface area contributed by atoms with Crippen LogP contribution in [0.4, 0.5) is 8.78 Å². The molecule has 0 aromatic heterocycles. The van der Waals surface area contributed by atoms with Gasteiger partial charge in [-0.2, -0.15) is 0 Å². The van der Waals surface area contributed by atoms with Crippen LogP contribution in [0.2, 0.25) is 0 Å². The first kappa shape index (κ1) is 16.2. The fraction of sp³-hybridized carbons (Fsp3) is 0.250. The Morgan fingerprint density at radius 2 is 1.50 bits per heavy atom. The maximum Gasteiger partial charge on any atom is 0.133 e. The van der Waals surface area contributed by atoms with Gasteiger partial charge in [0.15, 0.2) is 0 Å². The van der Waals surface area contributed by atoms with E-state index in [2.05, 4.69) is 0 Å². The van der Waals surface area contributed by atoms with Gasteiger partial charge in [-0.15, -0.1) is 0 Å². The van der Waals surface area contributed by atoms with Crippen molar-refractivity contribution in [1.29, 1.82) is 0 Å². The van der Waals surface area contributed by atoms with E-state index in [-0.39, 0.29) is 25.4 Å². The molecule has 2 aromatic rings. The van der Waals surface area contributed by atoms with Crippen molar-refractivity contribution in [1.82, 2.24) is 0 Å². The molecule has 6 heteroatoms. The van der Waals surface area contributed by atoms with Crippen LogP contribution in [0, 0.1) is 11.6 Å². The summed E-state index contributed by atoms with van der Waals surface area (Å²) in [4.78, 5) is 0. The normalized spacial score (nSPS) is 12.0. The van der Waals surface area contributed by atoms with Crippen molar-refractivity contribution in [3.05, 3.63) is 54.1 Å². The van der Waals surface area contributed by atoms with Gasteiger partial charge in [-0.1, -0.05) is 0 Å². The Hall–Kier alpha value is -2.18. The molecule has 0 bridgehead atoms. The Morgan fingerprint density at radius 3 is 2.09 bits per heavy atom. The van der Waals surface area contributed by atoms with Crippen molar-refractivity contribution in [2.75, 3.05) is 13.2 Å². The third kappa shape index (κ3) is 4.98. The molecule has 0 radical (unpaired) electrons. The number of hydrogen-bond acceptors (Lipinski definition) is 4. The SMILES string of the molecule is OCCC(O)COc1ccc(Oc2cc(F)cc(F)c2)cc1. The minimum Gasteiger partial charge on any atom is -0.491 e. The maximum absolute atomic E-state index is 13.1. The number of aliphatic hydroxyl groups excluding tert-OH is 2. The van der Waals surface area contributed by atoms with Gasteiger partial charge in [0.25, 0.3) is 0 Å². The van der Waals surface area contributed by atoms with Crippen LogP contribution in [-0.2, 0) is 0 Å². The van der Waals surface area contributed by atoms with Gasteiger partial charge in [0.05, 0.1) is 6.10 Å². The Kier molecular flexibility index (Phi) is 5.68. The van der Waals surface area contributed by atoms with E-state index in [9.17, 15) is 13.9 Å². The van der Waals surface area contributed by atoms with Crippen LogP contribution in [0.15, 0.2) is 42.5 Å². The third-order valence-electron chi connectivity index (χ3n) is 2.80. The summed E-state index contributed by atoms with van der Waals surface area (Å²) in [5.74, 6) is -0.465. The van der Waals surface area contributed by atoms with Crippen LogP contribution in [0.3, 0.4) is 0 Å². The van der Waals surface area contributed by atoms with Crippen molar-refractivity contribution >= 4 is 0 Å². The quantitative estimate of drug-likeness (QED) is 0.825. The van der Waals surface area contributed by atoms with E-state index < -0.39 is 17.7 Å². The summed E-state index contributed by atoms with van der Waals surface area (Å²) in [6.07, 6.45) is -0.497. The van der Waals surface area contributed by atoms with Crippen molar-refractivity contribution < 1.29 is 28.5 Å². The summed E-state index contributed by atoms with van der Waals surface area (Å²) < 4.78 is 36.8.